The van der Waals surface area contributed by atoms with Crippen LogP contribution in [0.25, 0.3) is 0 Å². The van der Waals surface area contributed by atoms with E-state index in [1.165, 1.54) is 0 Å². The van der Waals surface area contributed by atoms with Crippen LogP contribution in [0.5, 0.6) is 11.5 Å². The summed E-state index contributed by atoms with van der Waals surface area (Å²) in [5.74, 6) is 1.45. The Morgan fingerprint density at radius 1 is 1.04 bits per heavy atom. The van der Waals surface area contributed by atoms with Crippen molar-refractivity contribution in [1.82, 2.24) is 0 Å². The highest BCUT2D eigenvalue weighted by atomic mass is 35.5. The lowest BCUT2D eigenvalue weighted by atomic mass is 10.2. The number of halogens is 1. The molecule has 2 aromatic rings. The van der Waals surface area contributed by atoms with Crippen LogP contribution in [-0.4, -0.2) is 40.5 Å². The van der Waals surface area contributed by atoms with Crippen molar-refractivity contribution in [3.63, 3.8) is 0 Å². The smallest absolute Gasteiger partial charge is 0.161 e. The Morgan fingerprint density at radius 2 is 1.80 bits per heavy atom. The van der Waals surface area contributed by atoms with Crippen molar-refractivity contribution in [3.8, 4) is 11.5 Å². The highest BCUT2D eigenvalue weighted by molar-refractivity contribution is 6.33. The first-order chi connectivity index (χ1) is 12.2. The van der Waals surface area contributed by atoms with Gasteiger partial charge in [-0.25, -0.2) is 0 Å². The summed E-state index contributed by atoms with van der Waals surface area (Å²) in [5.41, 5.74) is 3.14. The monoisotopic (exact) mass is 362 g/mol. The Hall–Kier alpha value is -2.11. The first kappa shape index (κ1) is 17.7. The van der Waals surface area contributed by atoms with Gasteiger partial charge in [-0.1, -0.05) is 17.7 Å². The zero-order chi connectivity index (χ0) is 17.6. The highest BCUT2D eigenvalue weighted by Crippen LogP contribution is 2.31. The first-order valence-corrected chi connectivity index (χ1v) is 8.66. The summed E-state index contributed by atoms with van der Waals surface area (Å²) < 4.78 is 16.0. The molecule has 1 aliphatic heterocycles. The number of rotatable bonds is 6. The van der Waals surface area contributed by atoms with Crippen molar-refractivity contribution < 1.29 is 14.2 Å². The van der Waals surface area contributed by atoms with E-state index in [2.05, 4.69) is 22.3 Å². The molecule has 0 aromatic heterocycles. The van der Waals surface area contributed by atoms with Crippen LogP contribution in [0.4, 0.5) is 11.4 Å². The van der Waals surface area contributed by atoms with Crippen LogP contribution in [0.1, 0.15) is 5.56 Å². The molecule has 0 bridgehead atoms. The maximum atomic E-state index is 6.47. The summed E-state index contributed by atoms with van der Waals surface area (Å²) in [6, 6.07) is 12.0. The normalized spacial score (nSPS) is 14.3. The van der Waals surface area contributed by atoms with Crippen LogP contribution in [-0.2, 0) is 11.3 Å². The topological polar surface area (TPSA) is 43.0 Å². The lowest BCUT2D eigenvalue weighted by Gasteiger charge is -2.29. The Bertz CT molecular complexity index is 718. The molecule has 25 heavy (non-hydrogen) atoms. The van der Waals surface area contributed by atoms with E-state index in [-0.39, 0.29) is 0 Å². The summed E-state index contributed by atoms with van der Waals surface area (Å²) in [6.45, 7) is 3.91. The largest absolute Gasteiger partial charge is 0.493 e. The molecule has 134 valence electrons. The number of benzene rings is 2. The molecule has 3 rings (SSSR count). The van der Waals surface area contributed by atoms with Crippen LogP contribution in [0, 0.1) is 0 Å². The van der Waals surface area contributed by atoms with E-state index in [1.54, 1.807) is 14.2 Å². The van der Waals surface area contributed by atoms with Gasteiger partial charge in [-0.05, 0) is 35.9 Å². The number of morpholine rings is 1. The van der Waals surface area contributed by atoms with Crippen LogP contribution in [0.3, 0.4) is 0 Å². The Kier molecular flexibility index (Phi) is 5.89. The standard InChI is InChI=1S/C19H23ClN2O3/c1-23-18-6-3-14(11-19(18)24-2)13-21-15-4-5-17(16(20)12-15)22-7-9-25-10-8-22/h3-6,11-12,21H,7-10,13H2,1-2H3. The molecule has 1 heterocycles. The van der Waals surface area contributed by atoms with Gasteiger partial charge in [0.15, 0.2) is 11.5 Å². The van der Waals surface area contributed by atoms with Crippen LogP contribution < -0.4 is 19.7 Å². The molecular weight excluding hydrogens is 340 g/mol. The van der Waals surface area contributed by atoms with E-state index in [9.17, 15) is 0 Å². The second-order valence-corrected chi connectivity index (χ2v) is 6.22. The van der Waals surface area contributed by atoms with Crippen LogP contribution in [0.15, 0.2) is 36.4 Å². The minimum atomic E-state index is 0.674. The number of anilines is 2. The predicted octanol–water partition coefficient (Wildman–Crippen LogP) is 3.81. The highest BCUT2D eigenvalue weighted by Gasteiger charge is 2.14. The van der Waals surface area contributed by atoms with E-state index >= 15 is 0 Å². The number of ether oxygens (including phenoxy) is 3. The van der Waals surface area contributed by atoms with Crippen molar-refractivity contribution in [1.29, 1.82) is 0 Å². The van der Waals surface area contributed by atoms with Gasteiger partial charge >= 0.3 is 0 Å². The van der Waals surface area contributed by atoms with Crippen LogP contribution >= 0.6 is 11.6 Å². The molecule has 0 radical (unpaired) electrons. The molecular formula is C19H23ClN2O3. The summed E-state index contributed by atoms with van der Waals surface area (Å²) in [7, 11) is 3.27. The Balaban J connectivity index is 1.66. The molecule has 1 aliphatic rings. The number of methoxy groups -OCH3 is 2. The minimum Gasteiger partial charge on any atom is -0.493 e. The lowest BCUT2D eigenvalue weighted by Crippen LogP contribution is -2.36. The molecule has 6 heteroatoms. The minimum absolute atomic E-state index is 0.674. The fourth-order valence-electron chi connectivity index (χ4n) is 2.87. The number of hydrogen-bond acceptors (Lipinski definition) is 5. The molecule has 0 spiro atoms. The van der Waals surface area contributed by atoms with Gasteiger partial charge in [0.1, 0.15) is 0 Å². The number of hydrogen-bond donors (Lipinski definition) is 1. The number of nitrogens with one attached hydrogen (secondary N) is 1. The van der Waals surface area contributed by atoms with Gasteiger partial charge in [-0.15, -0.1) is 0 Å². The van der Waals surface area contributed by atoms with Gasteiger partial charge in [0.25, 0.3) is 0 Å². The first-order valence-electron chi connectivity index (χ1n) is 8.28. The quantitative estimate of drug-likeness (QED) is 0.846. The van der Waals surface area contributed by atoms with Gasteiger partial charge in [-0.2, -0.15) is 0 Å². The average molecular weight is 363 g/mol. The third-order valence-corrected chi connectivity index (χ3v) is 4.55. The summed E-state index contributed by atoms with van der Waals surface area (Å²) in [6.07, 6.45) is 0. The van der Waals surface area contributed by atoms with Gasteiger partial charge < -0.3 is 24.4 Å². The molecule has 0 saturated carbocycles. The van der Waals surface area contributed by atoms with E-state index < -0.39 is 0 Å². The summed E-state index contributed by atoms with van der Waals surface area (Å²) >= 11 is 6.47. The van der Waals surface area contributed by atoms with Gasteiger partial charge in [0, 0.05) is 25.3 Å². The van der Waals surface area contributed by atoms with Crippen molar-refractivity contribution in [2.24, 2.45) is 0 Å². The molecule has 5 nitrogen and oxygen atoms in total. The van der Waals surface area contributed by atoms with Crippen molar-refractivity contribution in [2.75, 3.05) is 50.7 Å². The molecule has 0 aliphatic carbocycles. The molecule has 1 fully saturated rings. The van der Waals surface area contributed by atoms with Crippen LogP contribution in [0.2, 0.25) is 5.02 Å². The lowest BCUT2D eigenvalue weighted by molar-refractivity contribution is 0.122. The van der Waals surface area contributed by atoms with Crippen molar-refractivity contribution in [2.45, 2.75) is 6.54 Å². The Morgan fingerprint density at radius 3 is 2.48 bits per heavy atom. The fourth-order valence-corrected chi connectivity index (χ4v) is 3.17. The second-order valence-electron chi connectivity index (χ2n) is 5.81. The summed E-state index contributed by atoms with van der Waals surface area (Å²) in [5, 5.41) is 4.15. The van der Waals surface area contributed by atoms with E-state index in [1.807, 2.05) is 24.3 Å². The van der Waals surface area contributed by atoms with Gasteiger partial charge in [-0.3, -0.25) is 0 Å². The summed E-state index contributed by atoms with van der Waals surface area (Å²) in [4.78, 5) is 2.25. The van der Waals surface area contributed by atoms with E-state index in [0.717, 1.165) is 59.8 Å². The van der Waals surface area contributed by atoms with Gasteiger partial charge in [0.2, 0.25) is 0 Å². The molecule has 2 aromatic carbocycles. The molecule has 0 amide bonds. The second kappa shape index (κ2) is 8.32. The van der Waals surface area contributed by atoms with Crippen molar-refractivity contribution in [3.05, 3.63) is 47.0 Å². The SMILES string of the molecule is COc1ccc(CNc2ccc(N3CCOCC3)c(Cl)c2)cc1OC. The third-order valence-electron chi connectivity index (χ3n) is 4.24. The molecule has 1 N–H and O–H groups in total. The molecule has 0 unspecified atom stereocenters. The molecule has 0 atom stereocenters. The average Bonchev–Trinajstić information content (AvgIpc) is 2.66. The maximum Gasteiger partial charge on any atom is 0.161 e. The van der Waals surface area contributed by atoms with Gasteiger partial charge in [0.05, 0.1) is 38.1 Å². The predicted molar refractivity (Wildman–Crippen MR) is 101 cm³/mol. The zero-order valence-electron chi connectivity index (χ0n) is 14.5. The molecule has 1 saturated heterocycles. The maximum absolute atomic E-state index is 6.47. The Labute approximate surface area is 153 Å². The van der Waals surface area contributed by atoms with E-state index in [0.29, 0.717) is 6.54 Å². The zero-order valence-corrected chi connectivity index (χ0v) is 15.3. The van der Waals surface area contributed by atoms with E-state index in [4.69, 9.17) is 25.8 Å². The third kappa shape index (κ3) is 4.30. The van der Waals surface area contributed by atoms with Crippen molar-refractivity contribution >= 4 is 23.0 Å². The fraction of sp³-hybridized carbons (Fsp3) is 0.368. The number of nitrogens with zero attached hydrogens (tertiary/aromatic N) is 1.